The van der Waals surface area contributed by atoms with Crippen LogP contribution in [0.3, 0.4) is 0 Å². The van der Waals surface area contributed by atoms with Crippen LogP contribution in [0.4, 0.5) is 0 Å². The number of aryl methyl sites for hydroxylation is 1. The molecule has 2 aromatic heterocycles. The minimum absolute atomic E-state index is 0.0781. The third kappa shape index (κ3) is 2.57. The van der Waals surface area contributed by atoms with Gasteiger partial charge in [0.25, 0.3) is 0 Å². The van der Waals surface area contributed by atoms with Crippen molar-refractivity contribution in [1.82, 2.24) is 15.0 Å². The summed E-state index contributed by atoms with van der Waals surface area (Å²) in [6.45, 7) is 2.64. The summed E-state index contributed by atoms with van der Waals surface area (Å²) in [6.07, 6.45) is 4.03. The molecule has 3 rings (SSSR count). The van der Waals surface area contributed by atoms with Crippen LogP contribution in [0.2, 0.25) is 0 Å². The Morgan fingerprint density at radius 3 is 3.10 bits per heavy atom. The molecule has 0 aliphatic carbocycles. The first-order valence-electron chi connectivity index (χ1n) is 6.86. The molecule has 3 heterocycles. The van der Waals surface area contributed by atoms with E-state index in [0.29, 0.717) is 5.76 Å². The first-order chi connectivity index (χ1) is 9.74. The smallest absolute Gasteiger partial charge is 0.230 e. The molecule has 0 radical (unpaired) electrons. The Hall–Kier alpha value is -2.17. The molecule has 0 unspecified atom stereocenters. The van der Waals surface area contributed by atoms with E-state index in [1.165, 1.54) is 0 Å². The first-order valence-corrected chi connectivity index (χ1v) is 6.86. The van der Waals surface area contributed by atoms with Crippen molar-refractivity contribution in [2.24, 2.45) is 0 Å². The van der Waals surface area contributed by atoms with Crippen LogP contribution in [0.1, 0.15) is 36.0 Å². The largest absolute Gasteiger partial charge is 0.361 e. The number of nitrogens with zero attached hydrogens (tertiary/aromatic N) is 3. The Kier molecular flexibility index (Phi) is 3.50. The van der Waals surface area contributed by atoms with Crippen molar-refractivity contribution < 1.29 is 9.32 Å². The van der Waals surface area contributed by atoms with E-state index < -0.39 is 0 Å². The third-order valence-corrected chi connectivity index (χ3v) is 3.60. The van der Waals surface area contributed by atoms with Crippen molar-refractivity contribution in [2.75, 3.05) is 6.54 Å². The zero-order valence-corrected chi connectivity index (χ0v) is 11.5. The minimum Gasteiger partial charge on any atom is -0.361 e. The molecule has 20 heavy (non-hydrogen) atoms. The number of amides is 1. The predicted octanol–water partition coefficient (Wildman–Crippen LogP) is 2.28. The van der Waals surface area contributed by atoms with Crippen molar-refractivity contribution in [2.45, 2.75) is 32.2 Å². The second kappa shape index (κ2) is 5.45. The van der Waals surface area contributed by atoms with Crippen LogP contribution in [0, 0.1) is 6.92 Å². The van der Waals surface area contributed by atoms with Crippen molar-refractivity contribution in [1.29, 1.82) is 0 Å². The molecule has 0 saturated carbocycles. The van der Waals surface area contributed by atoms with Crippen molar-refractivity contribution in [3.63, 3.8) is 0 Å². The molecule has 0 bridgehead atoms. The monoisotopic (exact) mass is 271 g/mol. The summed E-state index contributed by atoms with van der Waals surface area (Å²) in [5.41, 5.74) is 1.77. The van der Waals surface area contributed by atoms with Gasteiger partial charge in [-0.25, -0.2) is 0 Å². The van der Waals surface area contributed by atoms with Gasteiger partial charge >= 0.3 is 0 Å². The highest BCUT2D eigenvalue weighted by molar-refractivity contribution is 5.78. The van der Waals surface area contributed by atoms with Crippen LogP contribution in [0.25, 0.3) is 0 Å². The molecule has 0 spiro atoms. The van der Waals surface area contributed by atoms with Crippen LogP contribution in [0.5, 0.6) is 0 Å². The molecule has 0 N–H and O–H groups in total. The molecule has 1 aliphatic rings. The lowest BCUT2D eigenvalue weighted by molar-refractivity contribution is -0.131. The SMILES string of the molecule is Cc1cc(CC(=O)N2CCC[C@H]2c2ccccn2)on1. The minimum atomic E-state index is 0.0781. The second-order valence-corrected chi connectivity index (χ2v) is 5.11. The van der Waals surface area contributed by atoms with E-state index in [-0.39, 0.29) is 18.4 Å². The fourth-order valence-corrected chi connectivity index (χ4v) is 2.70. The molecule has 0 aromatic carbocycles. The summed E-state index contributed by atoms with van der Waals surface area (Å²) in [5, 5.41) is 3.82. The first kappa shape index (κ1) is 12.8. The lowest BCUT2D eigenvalue weighted by Crippen LogP contribution is -2.32. The Labute approximate surface area is 117 Å². The Balaban J connectivity index is 1.73. The van der Waals surface area contributed by atoms with E-state index in [4.69, 9.17) is 4.52 Å². The molecule has 1 aliphatic heterocycles. The molecule has 1 saturated heterocycles. The van der Waals surface area contributed by atoms with Gasteiger partial charge in [0, 0.05) is 18.8 Å². The van der Waals surface area contributed by atoms with E-state index >= 15 is 0 Å². The summed E-state index contributed by atoms with van der Waals surface area (Å²) in [6, 6.07) is 7.73. The highest BCUT2D eigenvalue weighted by atomic mass is 16.5. The van der Waals surface area contributed by atoms with E-state index in [1.807, 2.05) is 36.1 Å². The summed E-state index contributed by atoms with van der Waals surface area (Å²) >= 11 is 0. The van der Waals surface area contributed by atoms with Crippen molar-refractivity contribution in [3.8, 4) is 0 Å². The molecule has 1 fully saturated rings. The normalized spacial score (nSPS) is 18.4. The number of pyridine rings is 1. The molecular weight excluding hydrogens is 254 g/mol. The van der Waals surface area contributed by atoms with E-state index in [9.17, 15) is 4.79 Å². The van der Waals surface area contributed by atoms with Crippen LogP contribution in [0.15, 0.2) is 35.0 Å². The van der Waals surface area contributed by atoms with Gasteiger partial charge in [0.2, 0.25) is 5.91 Å². The summed E-state index contributed by atoms with van der Waals surface area (Å²) in [5.74, 6) is 0.702. The van der Waals surface area contributed by atoms with Gasteiger partial charge in [0.1, 0.15) is 5.76 Å². The molecule has 1 atom stereocenters. The maximum absolute atomic E-state index is 12.4. The standard InChI is InChI=1S/C15H17N3O2/c1-11-9-12(20-17-11)10-15(19)18-8-4-6-14(18)13-5-2-3-7-16-13/h2-3,5,7,9,14H,4,6,8,10H2,1H3/t14-/m0/s1. The predicted molar refractivity (Wildman–Crippen MR) is 72.9 cm³/mol. The number of hydrogen-bond acceptors (Lipinski definition) is 4. The van der Waals surface area contributed by atoms with Crippen LogP contribution in [-0.2, 0) is 11.2 Å². The van der Waals surface area contributed by atoms with E-state index in [2.05, 4.69) is 10.1 Å². The van der Waals surface area contributed by atoms with Crippen LogP contribution >= 0.6 is 0 Å². The Bertz CT molecular complexity index is 594. The van der Waals surface area contributed by atoms with E-state index in [1.54, 1.807) is 6.20 Å². The topological polar surface area (TPSA) is 59.2 Å². The van der Waals surface area contributed by atoms with Gasteiger partial charge in [-0.3, -0.25) is 9.78 Å². The number of aromatic nitrogens is 2. The number of hydrogen-bond donors (Lipinski definition) is 0. The summed E-state index contributed by atoms with van der Waals surface area (Å²) in [4.78, 5) is 18.7. The van der Waals surface area contributed by atoms with Gasteiger partial charge in [-0.1, -0.05) is 11.2 Å². The average Bonchev–Trinajstić information content (AvgIpc) is 3.09. The quantitative estimate of drug-likeness (QED) is 0.859. The maximum atomic E-state index is 12.4. The van der Waals surface area contributed by atoms with Crippen LogP contribution in [-0.4, -0.2) is 27.5 Å². The van der Waals surface area contributed by atoms with Gasteiger partial charge < -0.3 is 9.42 Å². The van der Waals surface area contributed by atoms with Gasteiger partial charge in [0.05, 0.1) is 23.9 Å². The van der Waals surface area contributed by atoms with Gasteiger partial charge in [0.15, 0.2) is 0 Å². The fourth-order valence-electron chi connectivity index (χ4n) is 2.70. The van der Waals surface area contributed by atoms with Gasteiger partial charge in [-0.2, -0.15) is 0 Å². The van der Waals surface area contributed by atoms with Gasteiger partial charge in [-0.05, 0) is 31.9 Å². The lowest BCUT2D eigenvalue weighted by atomic mass is 10.1. The molecule has 1 amide bonds. The molecular formula is C15H17N3O2. The summed E-state index contributed by atoms with van der Waals surface area (Å²) in [7, 11) is 0. The van der Waals surface area contributed by atoms with Crippen molar-refractivity contribution >= 4 is 5.91 Å². The fraction of sp³-hybridized carbons (Fsp3) is 0.400. The summed E-state index contributed by atoms with van der Waals surface area (Å²) < 4.78 is 5.12. The zero-order chi connectivity index (χ0) is 13.9. The average molecular weight is 271 g/mol. The number of likely N-dealkylation sites (tertiary alicyclic amines) is 1. The highest BCUT2D eigenvalue weighted by Crippen LogP contribution is 2.31. The lowest BCUT2D eigenvalue weighted by Gasteiger charge is -2.23. The molecule has 104 valence electrons. The highest BCUT2D eigenvalue weighted by Gasteiger charge is 2.31. The van der Waals surface area contributed by atoms with Gasteiger partial charge in [-0.15, -0.1) is 0 Å². The second-order valence-electron chi connectivity index (χ2n) is 5.11. The molecule has 5 nitrogen and oxygen atoms in total. The Morgan fingerprint density at radius 2 is 2.40 bits per heavy atom. The number of rotatable bonds is 3. The van der Waals surface area contributed by atoms with Crippen LogP contribution < -0.4 is 0 Å². The Morgan fingerprint density at radius 1 is 1.50 bits per heavy atom. The third-order valence-electron chi connectivity index (χ3n) is 3.60. The number of carbonyl (C=O) groups is 1. The molecule has 2 aromatic rings. The zero-order valence-electron chi connectivity index (χ0n) is 11.5. The molecule has 5 heteroatoms. The number of carbonyl (C=O) groups excluding carboxylic acids is 1. The van der Waals surface area contributed by atoms with Crippen molar-refractivity contribution in [3.05, 3.63) is 47.6 Å². The van der Waals surface area contributed by atoms with E-state index in [0.717, 1.165) is 30.8 Å². The maximum Gasteiger partial charge on any atom is 0.230 e.